The molecule has 1 saturated carbocycles. The molecular formula is C30H38FN3O4S. The number of carbonyl (C=O) groups is 1. The smallest absolute Gasteiger partial charge is 0.424 e. The summed E-state index contributed by atoms with van der Waals surface area (Å²) in [7, 11) is -2.24. The molecule has 0 saturated heterocycles. The van der Waals surface area contributed by atoms with Crippen molar-refractivity contribution in [2.75, 3.05) is 0 Å². The molecule has 0 spiro atoms. The predicted octanol–water partition coefficient (Wildman–Crippen LogP) is 6.86. The first-order valence-electron chi connectivity index (χ1n) is 13.0. The molecule has 1 amide bonds. The Balaban J connectivity index is 1.62. The van der Waals surface area contributed by atoms with Crippen molar-refractivity contribution in [3.05, 3.63) is 71.8 Å². The van der Waals surface area contributed by atoms with Crippen LogP contribution < -0.4 is 0 Å². The van der Waals surface area contributed by atoms with Crippen molar-refractivity contribution in [1.29, 1.82) is 0 Å². The fraction of sp³-hybridized carbons (Fsp3) is 0.467. The minimum absolute atomic E-state index is 0.0240. The van der Waals surface area contributed by atoms with E-state index in [1.54, 1.807) is 59.7 Å². The van der Waals surface area contributed by atoms with E-state index in [9.17, 15) is 17.6 Å². The summed E-state index contributed by atoms with van der Waals surface area (Å²) in [6, 6.07) is 13.1. The summed E-state index contributed by atoms with van der Waals surface area (Å²) in [5.41, 5.74) is 0.778. The lowest BCUT2D eigenvalue weighted by atomic mass is 10.0. The maximum Gasteiger partial charge on any atom is 0.424 e. The Hall–Kier alpha value is -3.20. The molecule has 1 aliphatic rings. The minimum atomic E-state index is -4.17. The van der Waals surface area contributed by atoms with Gasteiger partial charge in [0.15, 0.2) is 0 Å². The van der Waals surface area contributed by atoms with Crippen molar-refractivity contribution in [3.63, 3.8) is 0 Å². The maximum absolute atomic E-state index is 13.8. The molecule has 2 atom stereocenters. The van der Waals surface area contributed by atoms with Crippen LogP contribution in [0.5, 0.6) is 0 Å². The Bertz CT molecular complexity index is 1500. The molecule has 0 N–H and O–H groups in total. The van der Waals surface area contributed by atoms with Gasteiger partial charge in [0.25, 0.3) is 10.0 Å². The third-order valence-corrected chi connectivity index (χ3v) is 9.24. The van der Waals surface area contributed by atoms with Crippen molar-refractivity contribution in [1.82, 2.24) is 13.9 Å². The number of imidazole rings is 1. The van der Waals surface area contributed by atoms with Crippen LogP contribution in [0.2, 0.25) is 0 Å². The molecule has 1 fully saturated rings. The van der Waals surface area contributed by atoms with Crippen molar-refractivity contribution in [2.24, 2.45) is 12.5 Å². The lowest BCUT2D eigenvalue weighted by molar-refractivity contribution is 0.0282. The fourth-order valence-electron chi connectivity index (χ4n) is 5.41. The molecule has 4 rings (SSSR count). The van der Waals surface area contributed by atoms with E-state index < -0.39 is 27.3 Å². The summed E-state index contributed by atoms with van der Waals surface area (Å²) in [6.45, 7) is 14.4. The summed E-state index contributed by atoms with van der Waals surface area (Å²) in [5.74, 6) is 0.660. The summed E-state index contributed by atoms with van der Waals surface area (Å²) in [5, 5.41) is 0. The van der Waals surface area contributed by atoms with Gasteiger partial charge in [0.05, 0.1) is 10.4 Å². The molecule has 39 heavy (non-hydrogen) atoms. The van der Waals surface area contributed by atoms with Gasteiger partial charge in [0, 0.05) is 30.4 Å². The number of hydrogen-bond acceptors (Lipinski definition) is 5. The lowest BCUT2D eigenvalue weighted by Gasteiger charge is -2.35. The highest BCUT2D eigenvalue weighted by Crippen LogP contribution is 2.69. The highest BCUT2D eigenvalue weighted by molar-refractivity contribution is 7.89. The Labute approximate surface area is 231 Å². The molecule has 0 bridgehead atoms. The molecule has 1 aliphatic carbocycles. The van der Waals surface area contributed by atoms with Gasteiger partial charge in [-0.3, -0.25) is 0 Å². The van der Waals surface area contributed by atoms with Crippen LogP contribution in [0.4, 0.5) is 9.18 Å². The standard InChI is InChI=1S/C30H38FN3O4S/c1-28(2,3)34(27(35)38-29(4,5)6)39(36,37)22-15-13-19(14-16-22)24-25(30(24,7)8)23-18-32-26(33(23)9)20-11-10-12-21(31)17-20/h10-18,24-25H,1-9H3/t24-,25-/m0/s1. The van der Waals surface area contributed by atoms with E-state index in [2.05, 4.69) is 18.8 Å². The van der Waals surface area contributed by atoms with Crippen LogP contribution in [0, 0.1) is 11.2 Å². The number of amides is 1. The van der Waals surface area contributed by atoms with E-state index in [1.807, 2.05) is 36.0 Å². The average molecular weight is 556 g/mol. The van der Waals surface area contributed by atoms with Gasteiger partial charge in [0.2, 0.25) is 0 Å². The second-order valence-corrected chi connectivity index (χ2v) is 14.6. The van der Waals surface area contributed by atoms with Crippen LogP contribution in [0.25, 0.3) is 11.4 Å². The molecular weight excluding hydrogens is 517 g/mol. The fourth-order valence-corrected chi connectivity index (χ4v) is 7.05. The molecule has 7 nitrogen and oxygen atoms in total. The monoisotopic (exact) mass is 555 g/mol. The lowest BCUT2D eigenvalue weighted by Crippen LogP contribution is -2.51. The molecule has 1 aromatic heterocycles. The van der Waals surface area contributed by atoms with Crippen LogP contribution in [0.15, 0.2) is 59.6 Å². The van der Waals surface area contributed by atoms with Crippen molar-refractivity contribution < 1.29 is 22.3 Å². The van der Waals surface area contributed by atoms with Crippen molar-refractivity contribution in [3.8, 4) is 11.4 Å². The molecule has 9 heteroatoms. The van der Waals surface area contributed by atoms with Crippen LogP contribution in [0.3, 0.4) is 0 Å². The zero-order valence-corrected chi connectivity index (χ0v) is 24.9. The van der Waals surface area contributed by atoms with Gasteiger partial charge in [0.1, 0.15) is 17.2 Å². The minimum Gasteiger partial charge on any atom is -0.443 e. The van der Waals surface area contributed by atoms with Gasteiger partial charge in [-0.25, -0.2) is 22.6 Å². The molecule has 210 valence electrons. The van der Waals surface area contributed by atoms with E-state index in [1.165, 1.54) is 12.1 Å². The molecule has 2 aromatic carbocycles. The highest BCUT2D eigenvalue weighted by atomic mass is 32.2. The van der Waals surface area contributed by atoms with Gasteiger partial charge in [-0.2, -0.15) is 4.31 Å². The maximum atomic E-state index is 13.8. The van der Waals surface area contributed by atoms with Gasteiger partial charge >= 0.3 is 6.09 Å². The zero-order chi connectivity index (χ0) is 29.1. The summed E-state index contributed by atoms with van der Waals surface area (Å²) in [6.07, 6.45) is 0.931. The number of hydrogen-bond donors (Lipinski definition) is 0. The number of halogens is 1. The first-order chi connectivity index (χ1) is 17.9. The Kier molecular flexibility index (Phi) is 6.99. The van der Waals surface area contributed by atoms with Gasteiger partial charge in [-0.1, -0.05) is 38.1 Å². The number of rotatable bonds is 5. The van der Waals surface area contributed by atoms with E-state index in [-0.39, 0.29) is 28.0 Å². The number of sulfonamides is 1. The van der Waals surface area contributed by atoms with Gasteiger partial charge in [-0.15, -0.1) is 0 Å². The number of aromatic nitrogens is 2. The summed E-state index contributed by atoms with van der Waals surface area (Å²) >= 11 is 0. The summed E-state index contributed by atoms with van der Waals surface area (Å²) in [4.78, 5) is 17.6. The first-order valence-corrected chi connectivity index (χ1v) is 14.5. The molecule has 1 heterocycles. The van der Waals surface area contributed by atoms with Crippen molar-refractivity contribution in [2.45, 2.75) is 83.3 Å². The quantitative estimate of drug-likeness (QED) is 0.344. The van der Waals surface area contributed by atoms with E-state index in [0.717, 1.165) is 15.6 Å². The van der Waals surface area contributed by atoms with Gasteiger partial charge < -0.3 is 9.30 Å². The third kappa shape index (κ3) is 5.46. The zero-order valence-electron chi connectivity index (χ0n) is 24.1. The molecule has 0 radical (unpaired) electrons. The third-order valence-electron chi connectivity index (χ3n) is 7.20. The first kappa shape index (κ1) is 28.8. The van der Waals surface area contributed by atoms with Crippen LogP contribution in [-0.2, 0) is 21.8 Å². The van der Waals surface area contributed by atoms with Crippen LogP contribution in [-0.4, -0.2) is 39.5 Å². The molecule has 0 unspecified atom stereocenters. The SMILES string of the molecule is Cn1c([C@H]2[C@H](c3ccc(S(=O)(=O)N(C(=O)OC(C)(C)C)C(C)(C)C)cc3)C2(C)C)cnc1-c1cccc(F)c1. The van der Waals surface area contributed by atoms with Gasteiger partial charge in [-0.05, 0) is 82.7 Å². The Morgan fingerprint density at radius 2 is 1.64 bits per heavy atom. The molecule has 3 aromatic rings. The van der Waals surface area contributed by atoms with Crippen LogP contribution in [0.1, 0.15) is 78.5 Å². The van der Waals surface area contributed by atoms with E-state index in [0.29, 0.717) is 11.4 Å². The number of nitrogens with zero attached hydrogens (tertiary/aromatic N) is 3. The normalized spacial score (nSPS) is 19.0. The molecule has 0 aliphatic heterocycles. The predicted molar refractivity (Wildman–Crippen MR) is 149 cm³/mol. The number of benzene rings is 2. The average Bonchev–Trinajstić information content (AvgIpc) is 3.14. The largest absolute Gasteiger partial charge is 0.443 e. The number of carbonyl (C=O) groups excluding carboxylic acids is 1. The summed E-state index contributed by atoms with van der Waals surface area (Å²) < 4.78 is 49.3. The topological polar surface area (TPSA) is 81.5 Å². The van der Waals surface area contributed by atoms with Crippen LogP contribution >= 0.6 is 0 Å². The second kappa shape index (κ2) is 9.47. The van der Waals surface area contributed by atoms with Crippen molar-refractivity contribution >= 4 is 16.1 Å². The number of ether oxygens (including phenoxy) is 1. The Morgan fingerprint density at radius 1 is 1.03 bits per heavy atom. The highest BCUT2D eigenvalue weighted by Gasteiger charge is 2.60. The second-order valence-electron chi connectivity index (χ2n) is 12.8. The Morgan fingerprint density at radius 3 is 2.18 bits per heavy atom. The van der Waals surface area contributed by atoms with E-state index in [4.69, 9.17) is 4.74 Å². The van der Waals surface area contributed by atoms with E-state index >= 15 is 0 Å².